The Labute approximate surface area is 122 Å². The zero-order valence-corrected chi connectivity index (χ0v) is 11.0. The Morgan fingerprint density at radius 2 is 2.05 bits per heavy atom. The molecule has 2 aromatic carbocycles. The van der Waals surface area contributed by atoms with Gasteiger partial charge in [-0.05, 0) is 18.2 Å². The van der Waals surface area contributed by atoms with Gasteiger partial charge in [0.25, 0.3) is 0 Å². The highest BCUT2D eigenvalue weighted by atomic mass is 35.5. The fourth-order valence-electron chi connectivity index (χ4n) is 1.59. The molecular formula is C13H7ClFNO5. The number of nitro benzene ring substituents is 1. The van der Waals surface area contributed by atoms with Crippen LogP contribution >= 0.6 is 11.6 Å². The van der Waals surface area contributed by atoms with Crippen LogP contribution in [0, 0.1) is 15.9 Å². The number of ether oxygens (including phenoxy) is 1. The molecule has 0 fully saturated rings. The number of benzene rings is 2. The third kappa shape index (κ3) is 3.26. The Balaban J connectivity index is 2.50. The van der Waals surface area contributed by atoms with Gasteiger partial charge in [0.15, 0.2) is 0 Å². The molecule has 0 bridgehead atoms. The molecule has 0 heterocycles. The third-order valence-corrected chi connectivity index (χ3v) is 2.73. The molecule has 0 atom stereocenters. The first-order chi connectivity index (χ1) is 9.88. The van der Waals surface area contributed by atoms with E-state index in [1.807, 2.05) is 0 Å². The lowest BCUT2D eigenvalue weighted by atomic mass is 10.1. The maximum atomic E-state index is 13.6. The number of carboxylic acid groups (broad SMARTS) is 1. The Morgan fingerprint density at radius 1 is 1.33 bits per heavy atom. The van der Waals surface area contributed by atoms with Gasteiger partial charge < -0.3 is 9.84 Å². The van der Waals surface area contributed by atoms with Gasteiger partial charge in [0.1, 0.15) is 17.1 Å². The minimum Gasteiger partial charge on any atom is -0.478 e. The molecule has 0 radical (unpaired) electrons. The second-order valence-corrected chi connectivity index (χ2v) is 4.36. The van der Waals surface area contributed by atoms with Crippen molar-refractivity contribution in [3.63, 3.8) is 0 Å². The summed E-state index contributed by atoms with van der Waals surface area (Å²) in [6, 6.07) is 7.23. The van der Waals surface area contributed by atoms with Crippen LogP contribution in [0.2, 0.25) is 5.02 Å². The maximum absolute atomic E-state index is 13.6. The highest BCUT2D eigenvalue weighted by Crippen LogP contribution is 2.34. The van der Waals surface area contributed by atoms with E-state index in [1.165, 1.54) is 12.1 Å². The topological polar surface area (TPSA) is 89.7 Å². The zero-order chi connectivity index (χ0) is 15.6. The van der Waals surface area contributed by atoms with Crippen LogP contribution in [0.5, 0.6) is 11.5 Å². The number of hydrogen-bond acceptors (Lipinski definition) is 4. The van der Waals surface area contributed by atoms with Gasteiger partial charge in [0.05, 0.1) is 4.92 Å². The van der Waals surface area contributed by atoms with Crippen LogP contribution in [0.1, 0.15) is 10.4 Å². The molecule has 108 valence electrons. The number of aromatic carboxylic acids is 1. The molecule has 2 rings (SSSR count). The second-order valence-electron chi connectivity index (χ2n) is 3.92. The van der Waals surface area contributed by atoms with Gasteiger partial charge in [-0.15, -0.1) is 0 Å². The van der Waals surface area contributed by atoms with Crippen LogP contribution < -0.4 is 4.74 Å². The number of carboxylic acids is 1. The zero-order valence-electron chi connectivity index (χ0n) is 10.2. The lowest BCUT2D eigenvalue weighted by Crippen LogP contribution is -2.03. The molecule has 0 aromatic heterocycles. The van der Waals surface area contributed by atoms with Gasteiger partial charge in [0, 0.05) is 17.2 Å². The van der Waals surface area contributed by atoms with Gasteiger partial charge in [-0.25, -0.2) is 9.18 Å². The number of hydrogen-bond donors (Lipinski definition) is 1. The van der Waals surface area contributed by atoms with Crippen molar-refractivity contribution >= 4 is 23.3 Å². The molecular weight excluding hydrogens is 305 g/mol. The fraction of sp³-hybridized carbons (Fsp3) is 0. The van der Waals surface area contributed by atoms with Gasteiger partial charge in [0.2, 0.25) is 5.75 Å². The van der Waals surface area contributed by atoms with Crippen molar-refractivity contribution in [3.05, 3.63) is 62.9 Å². The summed E-state index contributed by atoms with van der Waals surface area (Å²) in [6.45, 7) is 0. The van der Waals surface area contributed by atoms with Gasteiger partial charge >= 0.3 is 11.7 Å². The lowest BCUT2D eigenvalue weighted by Gasteiger charge is -2.08. The van der Waals surface area contributed by atoms with Crippen molar-refractivity contribution in [2.45, 2.75) is 0 Å². The number of nitro groups is 1. The van der Waals surface area contributed by atoms with E-state index >= 15 is 0 Å². The molecule has 0 unspecified atom stereocenters. The number of halogens is 2. The Bertz CT molecular complexity index is 734. The van der Waals surface area contributed by atoms with Crippen LogP contribution in [0.4, 0.5) is 10.1 Å². The molecule has 0 spiro atoms. The van der Waals surface area contributed by atoms with Crippen molar-refractivity contribution < 1.29 is 24.0 Å². The number of nitrogens with zero attached hydrogens (tertiary/aromatic N) is 1. The van der Waals surface area contributed by atoms with E-state index in [-0.39, 0.29) is 5.75 Å². The number of rotatable bonds is 4. The summed E-state index contributed by atoms with van der Waals surface area (Å²) in [7, 11) is 0. The van der Waals surface area contributed by atoms with Crippen molar-refractivity contribution in [2.24, 2.45) is 0 Å². The molecule has 0 saturated heterocycles. The molecule has 0 saturated carbocycles. The normalized spacial score (nSPS) is 10.2. The average molecular weight is 312 g/mol. The monoisotopic (exact) mass is 311 g/mol. The van der Waals surface area contributed by atoms with Crippen molar-refractivity contribution in [2.75, 3.05) is 0 Å². The van der Waals surface area contributed by atoms with E-state index in [2.05, 4.69) is 0 Å². The minimum absolute atomic E-state index is 0.160. The molecule has 0 aliphatic heterocycles. The van der Waals surface area contributed by atoms with Crippen LogP contribution in [0.15, 0.2) is 36.4 Å². The predicted octanol–water partition coefficient (Wildman–Crippen LogP) is 3.88. The SMILES string of the molecule is O=C(O)c1cc([N+](=O)[O-])c(Oc2cccc(Cl)c2)cc1F. The smallest absolute Gasteiger partial charge is 0.338 e. The summed E-state index contributed by atoms with van der Waals surface area (Å²) in [5, 5.41) is 20.0. The van der Waals surface area contributed by atoms with Crippen molar-refractivity contribution in [3.8, 4) is 11.5 Å². The van der Waals surface area contributed by atoms with Gasteiger partial charge in [-0.2, -0.15) is 0 Å². The molecule has 21 heavy (non-hydrogen) atoms. The lowest BCUT2D eigenvalue weighted by molar-refractivity contribution is -0.385. The molecule has 0 amide bonds. The molecule has 8 heteroatoms. The average Bonchev–Trinajstić information content (AvgIpc) is 2.37. The Morgan fingerprint density at radius 3 is 2.62 bits per heavy atom. The van der Waals surface area contributed by atoms with E-state index < -0.39 is 33.7 Å². The fourth-order valence-corrected chi connectivity index (χ4v) is 1.77. The molecule has 2 aromatic rings. The predicted molar refractivity (Wildman–Crippen MR) is 71.5 cm³/mol. The first-order valence-electron chi connectivity index (χ1n) is 5.53. The third-order valence-electron chi connectivity index (χ3n) is 2.50. The largest absolute Gasteiger partial charge is 0.478 e. The highest BCUT2D eigenvalue weighted by molar-refractivity contribution is 6.30. The molecule has 6 nitrogen and oxygen atoms in total. The molecule has 1 N–H and O–H groups in total. The van der Waals surface area contributed by atoms with E-state index in [0.717, 1.165) is 0 Å². The Kier molecular flexibility index (Phi) is 4.04. The summed E-state index contributed by atoms with van der Waals surface area (Å²) in [5.41, 5.74) is -1.46. The number of carbonyl (C=O) groups is 1. The second kappa shape index (κ2) is 5.76. The molecule has 0 aliphatic rings. The van der Waals surface area contributed by atoms with E-state index in [0.29, 0.717) is 17.2 Å². The summed E-state index contributed by atoms with van der Waals surface area (Å²) in [5.74, 6) is -2.99. The standard InChI is InChI=1S/C13H7ClFNO5/c14-7-2-1-3-8(4-7)21-12-6-10(15)9(13(17)18)5-11(12)16(19)20/h1-6H,(H,17,18). The summed E-state index contributed by atoms with van der Waals surface area (Å²) < 4.78 is 18.8. The summed E-state index contributed by atoms with van der Waals surface area (Å²) in [4.78, 5) is 20.9. The maximum Gasteiger partial charge on any atom is 0.338 e. The van der Waals surface area contributed by atoms with E-state index in [4.69, 9.17) is 21.4 Å². The van der Waals surface area contributed by atoms with Crippen molar-refractivity contribution in [1.82, 2.24) is 0 Å². The van der Waals surface area contributed by atoms with E-state index in [1.54, 1.807) is 12.1 Å². The quantitative estimate of drug-likeness (QED) is 0.683. The van der Waals surface area contributed by atoms with Crippen LogP contribution in [-0.4, -0.2) is 16.0 Å². The minimum atomic E-state index is -1.61. The van der Waals surface area contributed by atoms with Gasteiger partial charge in [-0.1, -0.05) is 17.7 Å². The Hall–Kier alpha value is -2.67. The molecule has 0 aliphatic carbocycles. The highest BCUT2D eigenvalue weighted by Gasteiger charge is 2.23. The first kappa shape index (κ1) is 14.7. The first-order valence-corrected chi connectivity index (χ1v) is 5.91. The summed E-state index contributed by atoms with van der Waals surface area (Å²) >= 11 is 5.75. The van der Waals surface area contributed by atoms with E-state index in [9.17, 15) is 19.3 Å². The summed E-state index contributed by atoms with van der Waals surface area (Å²) in [6.07, 6.45) is 0. The van der Waals surface area contributed by atoms with Crippen LogP contribution in [0.25, 0.3) is 0 Å². The van der Waals surface area contributed by atoms with Gasteiger partial charge in [-0.3, -0.25) is 10.1 Å². The van der Waals surface area contributed by atoms with Crippen LogP contribution in [-0.2, 0) is 0 Å². The van der Waals surface area contributed by atoms with Crippen LogP contribution in [0.3, 0.4) is 0 Å². The van der Waals surface area contributed by atoms with Crippen molar-refractivity contribution in [1.29, 1.82) is 0 Å².